The van der Waals surface area contributed by atoms with E-state index in [1.165, 1.54) is 0 Å². The maximum atomic E-state index is 11.2. The molecule has 0 bridgehead atoms. The predicted octanol–water partition coefficient (Wildman–Crippen LogP) is 0.425. The molecule has 0 unspecified atom stereocenters. The first-order valence-electron chi connectivity index (χ1n) is 6.28. The lowest BCUT2D eigenvalue weighted by Gasteiger charge is -2.35. The highest BCUT2D eigenvalue weighted by Gasteiger charge is 2.21. The average Bonchev–Trinajstić information content (AvgIpc) is 2.23. The summed E-state index contributed by atoms with van der Waals surface area (Å²) in [5.41, 5.74) is 0. The largest absolute Gasteiger partial charge is 0.373 e. The van der Waals surface area contributed by atoms with Gasteiger partial charge in [-0.1, -0.05) is 0 Å². The second-order valence-corrected chi connectivity index (χ2v) is 6.76. The summed E-state index contributed by atoms with van der Waals surface area (Å²) in [5.74, 6) is 0.151. The van der Waals surface area contributed by atoms with E-state index in [1.54, 1.807) is 6.92 Å². The Morgan fingerprint density at radius 3 is 2.41 bits per heavy atom. The Balaban J connectivity index is 2.18. The van der Waals surface area contributed by atoms with Gasteiger partial charge >= 0.3 is 0 Å². The standard InChI is InChI=1S/C11H24N2O3S/c1-4-17(14,15)12-6-5-7-13-8-10(2)16-11(3)9-13/h10-12H,4-9H2,1-3H3/t10-,11-/m1/s1. The highest BCUT2D eigenvalue weighted by atomic mass is 32.2. The fourth-order valence-electron chi connectivity index (χ4n) is 2.10. The van der Waals surface area contributed by atoms with E-state index in [9.17, 15) is 8.42 Å². The average molecular weight is 264 g/mol. The molecule has 102 valence electrons. The molecular weight excluding hydrogens is 240 g/mol. The van der Waals surface area contributed by atoms with Crippen LogP contribution in [0.1, 0.15) is 27.2 Å². The highest BCUT2D eigenvalue weighted by Crippen LogP contribution is 2.10. The maximum absolute atomic E-state index is 11.2. The third kappa shape index (κ3) is 5.81. The lowest BCUT2D eigenvalue weighted by molar-refractivity contribution is -0.0679. The van der Waals surface area contributed by atoms with Crippen molar-refractivity contribution in [1.82, 2.24) is 9.62 Å². The zero-order valence-electron chi connectivity index (χ0n) is 11.0. The van der Waals surface area contributed by atoms with Crippen LogP contribution in [0.5, 0.6) is 0 Å². The molecule has 0 aromatic heterocycles. The molecule has 0 spiro atoms. The number of rotatable bonds is 6. The van der Waals surface area contributed by atoms with E-state index in [-0.39, 0.29) is 18.0 Å². The third-order valence-corrected chi connectivity index (χ3v) is 4.25. The quantitative estimate of drug-likeness (QED) is 0.707. The minimum absolute atomic E-state index is 0.151. The minimum Gasteiger partial charge on any atom is -0.373 e. The van der Waals surface area contributed by atoms with Crippen LogP contribution in [0.15, 0.2) is 0 Å². The number of ether oxygens (including phenoxy) is 1. The minimum atomic E-state index is -3.04. The SMILES string of the molecule is CCS(=O)(=O)NCCCN1C[C@@H](C)O[C@H](C)C1. The van der Waals surface area contributed by atoms with Crippen LogP contribution in [-0.2, 0) is 14.8 Å². The van der Waals surface area contributed by atoms with Gasteiger partial charge in [-0.2, -0.15) is 0 Å². The van der Waals surface area contributed by atoms with Crippen LogP contribution >= 0.6 is 0 Å². The molecule has 1 fully saturated rings. The van der Waals surface area contributed by atoms with E-state index in [1.807, 2.05) is 0 Å². The molecule has 0 radical (unpaired) electrons. The van der Waals surface area contributed by atoms with Gasteiger partial charge in [0.2, 0.25) is 10.0 Å². The maximum Gasteiger partial charge on any atom is 0.211 e. The van der Waals surface area contributed by atoms with Gasteiger partial charge in [-0.25, -0.2) is 13.1 Å². The summed E-state index contributed by atoms with van der Waals surface area (Å²) >= 11 is 0. The van der Waals surface area contributed by atoms with Crippen LogP contribution in [-0.4, -0.2) is 57.5 Å². The number of nitrogens with zero attached hydrogens (tertiary/aromatic N) is 1. The number of sulfonamides is 1. The molecule has 1 saturated heterocycles. The van der Waals surface area contributed by atoms with E-state index in [2.05, 4.69) is 23.5 Å². The fourth-order valence-corrected chi connectivity index (χ4v) is 2.76. The molecule has 6 heteroatoms. The molecule has 1 aliphatic rings. The molecule has 1 heterocycles. The van der Waals surface area contributed by atoms with E-state index < -0.39 is 10.0 Å². The van der Waals surface area contributed by atoms with E-state index in [4.69, 9.17) is 4.74 Å². The van der Waals surface area contributed by atoms with Crippen LogP contribution in [0.3, 0.4) is 0 Å². The molecule has 2 atom stereocenters. The summed E-state index contributed by atoms with van der Waals surface area (Å²) < 4.78 is 30.6. The third-order valence-electron chi connectivity index (χ3n) is 2.85. The summed E-state index contributed by atoms with van der Waals surface area (Å²) in [7, 11) is -3.04. The van der Waals surface area contributed by atoms with Crippen LogP contribution < -0.4 is 4.72 Å². The van der Waals surface area contributed by atoms with E-state index in [0.717, 1.165) is 26.1 Å². The second-order valence-electron chi connectivity index (χ2n) is 4.67. The smallest absolute Gasteiger partial charge is 0.211 e. The molecule has 0 amide bonds. The molecule has 1 aliphatic heterocycles. The van der Waals surface area contributed by atoms with Crippen molar-refractivity contribution in [2.24, 2.45) is 0 Å². The van der Waals surface area contributed by atoms with Crippen molar-refractivity contribution in [2.45, 2.75) is 39.4 Å². The van der Waals surface area contributed by atoms with Gasteiger partial charge in [0.05, 0.1) is 18.0 Å². The van der Waals surface area contributed by atoms with E-state index in [0.29, 0.717) is 6.54 Å². The van der Waals surface area contributed by atoms with Crippen molar-refractivity contribution >= 4 is 10.0 Å². The lowest BCUT2D eigenvalue weighted by Crippen LogP contribution is -2.46. The number of hydrogen-bond donors (Lipinski definition) is 1. The summed E-state index contributed by atoms with van der Waals surface area (Å²) in [6.45, 7) is 9.11. The Morgan fingerprint density at radius 2 is 1.88 bits per heavy atom. The molecule has 0 aromatic rings. The zero-order valence-corrected chi connectivity index (χ0v) is 11.8. The summed E-state index contributed by atoms with van der Waals surface area (Å²) in [5, 5.41) is 0. The summed E-state index contributed by atoms with van der Waals surface area (Å²) in [6.07, 6.45) is 1.38. The van der Waals surface area contributed by atoms with Crippen molar-refractivity contribution < 1.29 is 13.2 Å². The van der Waals surface area contributed by atoms with Gasteiger partial charge in [0, 0.05) is 19.6 Å². The number of nitrogens with one attached hydrogen (secondary N) is 1. The van der Waals surface area contributed by atoms with Crippen LogP contribution in [0.25, 0.3) is 0 Å². The Hall–Kier alpha value is -0.170. The molecule has 0 aromatic carbocycles. The lowest BCUT2D eigenvalue weighted by atomic mass is 10.2. The normalized spacial score (nSPS) is 27.2. The molecule has 17 heavy (non-hydrogen) atoms. The van der Waals surface area contributed by atoms with Crippen LogP contribution in [0.4, 0.5) is 0 Å². The first kappa shape index (κ1) is 14.9. The van der Waals surface area contributed by atoms with Gasteiger partial charge in [-0.15, -0.1) is 0 Å². The molecule has 1 rings (SSSR count). The Bertz CT molecular complexity index is 309. The van der Waals surface area contributed by atoms with Crippen molar-refractivity contribution in [2.75, 3.05) is 31.9 Å². The Morgan fingerprint density at radius 1 is 1.29 bits per heavy atom. The van der Waals surface area contributed by atoms with Gasteiger partial charge < -0.3 is 4.74 Å². The summed E-state index contributed by atoms with van der Waals surface area (Å²) in [6, 6.07) is 0. The van der Waals surface area contributed by atoms with Crippen molar-refractivity contribution in [3.05, 3.63) is 0 Å². The monoisotopic (exact) mass is 264 g/mol. The molecule has 0 aliphatic carbocycles. The van der Waals surface area contributed by atoms with Crippen LogP contribution in [0.2, 0.25) is 0 Å². The first-order chi connectivity index (χ1) is 7.93. The van der Waals surface area contributed by atoms with Gasteiger partial charge in [-0.05, 0) is 33.7 Å². The first-order valence-corrected chi connectivity index (χ1v) is 7.93. The molecule has 0 saturated carbocycles. The fraction of sp³-hybridized carbons (Fsp3) is 1.00. The van der Waals surface area contributed by atoms with Gasteiger partial charge in [0.1, 0.15) is 0 Å². The van der Waals surface area contributed by atoms with Gasteiger partial charge in [0.15, 0.2) is 0 Å². The van der Waals surface area contributed by atoms with Gasteiger partial charge in [0.25, 0.3) is 0 Å². The Kier molecular flexibility index (Phi) is 5.85. The topological polar surface area (TPSA) is 58.6 Å². The predicted molar refractivity (Wildman–Crippen MR) is 68.5 cm³/mol. The molecular formula is C11H24N2O3S. The van der Waals surface area contributed by atoms with Gasteiger partial charge in [-0.3, -0.25) is 4.90 Å². The van der Waals surface area contributed by atoms with Crippen LogP contribution in [0, 0.1) is 0 Å². The second kappa shape index (κ2) is 6.68. The van der Waals surface area contributed by atoms with Crippen molar-refractivity contribution in [3.8, 4) is 0 Å². The Labute approximate surface area is 105 Å². The molecule has 5 nitrogen and oxygen atoms in total. The number of hydrogen-bond acceptors (Lipinski definition) is 4. The van der Waals surface area contributed by atoms with E-state index >= 15 is 0 Å². The van der Waals surface area contributed by atoms with Crippen molar-refractivity contribution in [1.29, 1.82) is 0 Å². The van der Waals surface area contributed by atoms with Crippen molar-refractivity contribution in [3.63, 3.8) is 0 Å². The summed E-state index contributed by atoms with van der Waals surface area (Å²) in [4.78, 5) is 2.33. The zero-order chi connectivity index (χ0) is 12.9. The molecule has 1 N–H and O–H groups in total. The number of morpholine rings is 1. The highest BCUT2D eigenvalue weighted by molar-refractivity contribution is 7.89.